The van der Waals surface area contributed by atoms with Crippen molar-refractivity contribution < 1.29 is 4.84 Å². The first-order valence-electron chi connectivity index (χ1n) is 5.41. The summed E-state index contributed by atoms with van der Waals surface area (Å²) in [6.45, 7) is 0. The standard InChI is InChI=1S/C13H9N3O/c1-2-4-12-10(3-1)11-7-9-8-14-5-6-16(9)17-13(11)15-12/h1-8,15H. The van der Waals surface area contributed by atoms with Gasteiger partial charge in [0.2, 0.25) is 5.88 Å². The van der Waals surface area contributed by atoms with Crippen molar-refractivity contribution in [1.29, 1.82) is 0 Å². The molecular formula is C13H9N3O. The number of hydrogen-bond acceptors (Lipinski definition) is 3. The third kappa shape index (κ3) is 1.15. The largest absolute Gasteiger partial charge is 0.356 e. The lowest BCUT2D eigenvalue weighted by Gasteiger charge is -2.25. The molecule has 0 radical (unpaired) electrons. The van der Waals surface area contributed by atoms with Crippen molar-refractivity contribution in [1.82, 2.24) is 10.0 Å². The molecule has 4 rings (SSSR count). The van der Waals surface area contributed by atoms with Crippen LogP contribution in [0, 0.1) is 0 Å². The number of fused-ring (bicyclic) bond motifs is 4. The van der Waals surface area contributed by atoms with E-state index < -0.39 is 0 Å². The number of H-pyrrole nitrogens is 1. The third-order valence-electron chi connectivity index (χ3n) is 2.94. The molecule has 4 heteroatoms. The zero-order chi connectivity index (χ0) is 11.2. The average Bonchev–Trinajstić information content (AvgIpc) is 2.73. The minimum Gasteiger partial charge on any atom is -0.356 e. The molecule has 0 fully saturated rings. The third-order valence-corrected chi connectivity index (χ3v) is 2.94. The number of hydroxylamine groups is 2. The van der Waals surface area contributed by atoms with Gasteiger partial charge in [0.05, 0.1) is 18.1 Å². The van der Waals surface area contributed by atoms with E-state index in [1.807, 2.05) is 18.2 Å². The van der Waals surface area contributed by atoms with Gasteiger partial charge >= 0.3 is 0 Å². The molecule has 1 N–H and O–H groups in total. The second-order valence-corrected chi connectivity index (χ2v) is 3.98. The van der Waals surface area contributed by atoms with Gasteiger partial charge in [-0.2, -0.15) is 5.06 Å². The first-order valence-corrected chi connectivity index (χ1v) is 5.41. The highest BCUT2D eigenvalue weighted by Gasteiger charge is 2.21. The van der Waals surface area contributed by atoms with Crippen LogP contribution in [0.4, 0.5) is 0 Å². The lowest BCUT2D eigenvalue weighted by atomic mass is 10.1. The van der Waals surface area contributed by atoms with Gasteiger partial charge in [-0.15, -0.1) is 0 Å². The Labute approximate surface area is 97.5 Å². The van der Waals surface area contributed by atoms with Gasteiger partial charge in [-0.25, -0.2) is 0 Å². The Kier molecular flexibility index (Phi) is 1.53. The van der Waals surface area contributed by atoms with Gasteiger partial charge in [0.1, 0.15) is 0 Å². The number of nitrogens with one attached hydrogen (secondary N) is 1. The molecule has 17 heavy (non-hydrogen) atoms. The topological polar surface area (TPSA) is 40.6 Å². The van der Waals surface area contributed by atoms with Gasteiger partial charge < -0.3 is 9.82 Å². The van der Waals surface area contributed by atoms with E-state index in [0.29, 0.717) is 0 Å². The summed E-state index contributed by atoms with van der Waals surface area (Å²) in [5.74, 6) is 0.773. The van der Waals surface area contributed by atoms with E-state index in [4.69, 9.17) is 4.84 Å². The first-order chi connectivity index (χ1) is 8.42. The summed E-state index contributed by atoms with van der Waals surface area (Å²) < 4.78 is 0. The predicted octanol–water partition coefficient (Wildman–Crippen LogP) is 2.67. The molecular weight excluding hydrogens is 214 g/mol. The number of nitrogens with zero attached hydrogens (tertiary/aromatic N) is 2. The SMILES string of the molecule is C1=CN2Oc3[nH]c4ccccc4c3C=C2C=N1. The normalized spacial score (nSPS) is 16.5. The summed E-state index contributed by atoms with van der Waals surface area (Å²) >= 11 is 0. The molecule has 2 aliphatic heterocycles. The quantitative estimate of drug-likeness (QED) is 0.745. The van der Waals surface area contributed by atoms with Crippen LogP contribution in [-0.4, -0.2) is 16.3 Å². The number of allylic oxidation sites excluding steroid dienone is 1. The number of rotatable bonds is 0. The van der Waals surface area contributed by atoms with Crippen LogP contribution in [0.25, 0.3) is 17.0 Å². The molecule has 0 aliphatic carbocycles. The van der Waals surface area contributed by atoms with Gasteiger partial charge in [-0.3, -0.25) is 4.99 Å². The van der Waals surface area contributed by atoms with Crippen LogP contribution in [-0.2, 0) is 0 Å². The molecule has 0 saturated carbocycles. The van der Waals surface area contributed by atoms with Gasteiger partial charge in [0.15, 0.2) is 0 Å². The Morgan fingerprint density at radius 1 is 1.24 bits per heavy atom. The van der Waals surface area contributed by atoms with Crippen LogP contribution in [0.1, 0.15) is 5.56 Å². The minimum atomic E-state index is 0.773. The van der Waals surface area contributed by atoms with Gasteiger partial charge in [0, 0.05) is 22.7 Å². The molecule has 82 valence electrons. The molecule has 0 unspecified atom stereocenters. The first kappa shape index (κ1) is 8.64. The average molecular weight is 223 g/mol. The van der Waals surface area contributed by atoms with Crippen LogP contribution in [0.5, 0.6) is 5.88 Å². The van der Waals surface area contributed by atoms with E-state index in [9.17, 15) is 0 Å². The highest BCUT2D eigenvalue weighted by atomic mass is 16.7. The second kappa shape index (κ2) is 3.01. The summed E-state index contributed by atoms with van der Waals surface area (Å²) in [5, 5.41) is 2.86. The van der Waals surface area contributed by atoms with Crippen LogP contribution in [0.2, 0.25) is 0 Å². The molecule has 3 heterocycles. The van der Waals surface area contributed by atoms with E-state index in [0.717, 1.165) is 28.0 Å². The zero-order valence-electron chi connectivity index (χ0n) is 8.92. The van der Waals surface area contributed by atoms with E-state index >= 15 is 0 Å². The van der Waals surface area contributed by atoms with Crippen LogP contribution in [0.3, 0.4) is 0 Å². The maximum atomic E-state index is 5.75. The molecule has 4 nitrogen and oxygen atoms in total. The lowest BCUT2D eigenvalue weighted by molar-refractivity contribution is 0.0296. The van der Waals surface area contributed by atoms with Crippen LogP contribution >= 0.6 is 0 Å². The Hall–Kier alpha value is -2.49. The monoisotopic (exact) mass is 223 g/mol. The van der Waals surface area contributed by atoms with Gasteiger partial charge in [0.25, 0.3) is 0 Å². The molecule has 0 atom stereocenters. The van der Waals surface area contributed by atoms with Crippen molar-refractivity contribution in [3.8, 4) is 5.88 Å². The minimum absolute atomic E-state index is 0.773. The van der Waals surface area contributed by atoms with Crippen molar-refractivity contribution in [2.45, 2.75) is 0 Å². The van der Waals surface area contributed by atoms with Crippen molar-refractivity contribution in [3.05, 3.63) is 47.9 Å². The maximum Gasteiger partial charge on any atom is 0.233 e. The molecule has 0 spiro atoms. The van der Waals surface area contributed by atoms with Crippen molar-refractivity contribution >= 4 is 23.2 Å². The summed E-state index contributed by atoms with van der Waals surface area (Å²) in [6, 6.07) is 8.15. The van der Waals surface area contributed by atoms with Crippen molar-refractivity contribution in [2.75, 3.05) is 0 Å². The fourth-order valence-corrected chi connectivity index (χ4v) is 2.15. The van der Waals surface area contributed by atoms with E-state index in [-0.39, 0.29) is 0 Å². The van der Waals surface area contributed by atoms with Crippen molar-refractivity contribution in [3.63, 3.8) is 0 Å². The van der Waals surface area contributed by atoms with Gasteiger partial charge in [-0.05, 0) is 12.1 Å². The zero-order valence-corrected chi connectivity index (χ0v) is 8.92. The Morgan fingerprint density at radius 2 is 2.18 bits per heavy atom. The smallest absolute Gasteiger partial charge is 0.233 e. The number of hydrogen-bond donors (Lipinski definition) is 1. The van der Waals surface area contributed by atoms with Gasteiger partial charge in [-0.1, -0.05) is 18.2 Å². The van der Waals surface area contributed by atoms with E-state index in [2.05, 4.69) is 22.1 Å². The second-order valence-electron chi connectivity index (χ2n) is 3.98. The summed E-state index contributed by atoms with van der Waals surface area (Å²) in [4.78, 5) is 13.1. The highest BCUT2D eigenvalue weighted by Crippen LogP contribution is 2.34. The number of aromatic amines is 1. The van der Waals surface area contributed by atoms with E-state index in [1.54, 1.807) is 23.7 Å². The number of aliphatic imine (C=N–C) groups is 1. The molecule has 0 amide bonds. The Morgan fingerprint density at radius 3 is 3.18 bits per heavy atom. The summed E-state index contributed by atoms with van der Waals surface area (Å²) in [7, 11) is 0. The number of aromatic nitrogens is 1. The summed E-state index contributed by atoms with van der Waals surface area (Å²) in [5.41, 5.74) is 3.09. The summed E-state index contributed by atoms with van der Waals surface area (Å²) in [6.07, 6.45) is 7.35. The fraction of sp³-hybridized carbons (Fsp3) is 0. The fourth-order valence-electron chi connectivity index (χ4n) is 2.15. The molecule has 1 aromatic heterocycles. The number of para-hydroxylation sites is 1. The molecule has 2 aromatic rings. The lowest BCUT2D eigenvalue weighted by Crippen LogP contribution is -2.26. The van der Waals surface area contributed by atoms with E-state index in [1.165, 1.54) is 0 Å². The van der Waals surface area contributed by atoms with Crippen LogP contribution in [0.15, 0.2) is 47.4 Å². The maximum absolute atomic E-state index is 5.75. The molecule has 0 bridgehead atoms. The Bertz CT molecular complexity index is 694. The molecule has 2 aliphatic rings. The predicted molar refractivity (Wildman–Crippen MR) is 66.4 cm³/mol. The molecule has 1 aromatic carbocycles. The van der Waals surface area contributed by atoms with Crippen molar-refractivity contribution in [2.24, 2.45) is 4.99 Å². The number of benzene rings is 1. The molecule has 0 saturated heterocycles. The highest BCUT2D eigenvalue weighted by molar-refractivity contribution is 5.97. The van der Waals surface area contributed by atoms with Crippen LogP contribution < -0.4 is 4.84 Å². The Balaban J connectivity index is 1.99.